The van der Waals surface area contributed by atoms with E-state index in [1.165, 1.54) is 0 Å². The molecule has 0 radical (unpaired) electrons. The van der Waals surface area contributed by atoms with E-state index in [9.17, 15) is 0 Å². The number of hydrogen-bond donors (Lipinski definition) is 0. The first kappa shape index (κ1) is 17.9. The van der Waals surface area contributed by atoms with E-state index >= 15 is 0 Å². The smallest absolute Gasteiger partial charge is 0.183 e. The zero-order valence-corrected chi connectivity index (χ0v) is 14.8. The van der Waals surface area contributed by atoms with E-state index in [4.69, 9.17) is 30.5 Å². The molecule has 2 fully saturated rings. The van der Waals surface area contributed by atoms with Gasteiger partial charge < -0.3 is 18.9 Å². The second-order valence-corrected chi connectivity index (χ2v) is 6.81. The first-order valence-corrected chi connectivity index (χ1v) is 8.97. The summed E-state index contributed by atoms with van der Waals surface area (Å²) in [5.41, 5.74) is 1.01. The Morgan fingerprint density at radius 2 is 1.62 bits per heavy atom. The van der Waals surface area contributed by atoms with Gasteiger partial charge in [-0.15, -0.1) is 0 Å². The average Bonchev–Trinajstić information content (AvgIpc) is 2.63. The Bertz CT molecular complexity index is 515. The zero-order valence-electron chi connectivity index (χ0n) is 14.0. The van der Waals surface area contributed by atoms with Crippen molar-refractivity contribution in [1.29, 1.82) is 0 Å². The molecular weight excluding hydrogens is 328 g/mol. The third-order valence-corrected chi connectivity index (χ3v) is 4.63. The van der Waals surface area contributed by atoms with E-state index < -0.39 is 0 Å². The number of halogens is 1. The maximum absolute atomic E-state index is 5.91. The lowest BCUT2D eigenvalue weighted by atomic mass is 10.0. The summed E-state index contributed by atoms with van der Waals surface area (Å²) in [4.78, 5) is 0. The van der Waals surface area contributed by atoms with E-state index in [1.807, 2.05) is 37.3 Å². The molecule has 2 heterocycles. The molecule has 1 aromatic carbocycles. The van der Waals surface area contributed by atoms with Crippen molar-refractivity contribution in [3.05, 3.63) is 47.0 Å². The first-order chi connectivity index (χ1) is 11.7. The number of rotatable bonds is 5. The minimum atomic E-state index is -0.290. The molecule has 0 spiro atoms. The van der Waals surface area contributed by atoms with Crippen molar-refractivity contribution in [1.82, 2.24) is 0 Å². The zero-order chi connectivity index (χ0) is 16.8. The normalized spacial score (nSPS) is 31.4. The quantitative estimate of drug-likeness (QED) is 0.738. The van der Waals surface area contributed by atoms with E-state index in [1.54, 1.807) is 0 Å². The van der Waals surface area contributed by atoms with Crippen molar-refractivity contribution in [3.8, 4) is 0 Å². The highest BCUT2D eigenvalue weighted by atomic mass is 35.5. The summed E-state index contributed by atoms with van der Waals surface area (Å²) in [7, 11) is 0. The SMILES string of the molecule is CC=CC1COC(CCC2COC(c3ccc(Cl)cc3)OC2)OC1. The third kappa shape index (κ3) is 5.04. The Morgan fingerprint density at radius 3 is 2.25 bits per heavy atom. The maximum Gasteiger partial charge on any atom is 0.183 e. The lowest BCUT2D eigenvalue weighted by Crippen LogP contribution is -2.33. The second kappa shape index (κ2) is 8.97. The van der Waals surface area contributed by atoms with Gasteiger partial charge in [-0.25, -0.2) is 0 Å². The fourth-order valence-corrected chi connectivity index (χ4v) is 3.13. The Hall–Kier alpha value is -0.910. The van der Waals surface area contributed by atoms with Crippen LogP contribution in [0, 0.1) is 11.8 Å². The predicted octanol–water partition coefficient (Wildman–Crippen LogP) is 4.35. The van der Waals surface area contributed by atoms with Gasteiger partial charge in [-0.1, -0.05) is 35.9 Å². The summed E-state index contributed by atoms with van der Waals surface area (Å²) in [6.07, 6.45) is 5.65. The van der Waals surface area contributed by atoms with Crippen LogP contribution in [0.15, 0.2) is 36.4 Å². The van der Waals surface area contributed by atoms with Crippen molar-refractivity contribution < 1.29 is 18.9 Å². The van der Waals surface area contributed by atoms with Crippen LogP contribution in [0.5, 0.6) is 0 Å². The molecule has 2 aliphatic heterocycles. The van der Waals surface area contributed by atoms with Gasteiger partial charge in [-0.3, -0.25) is 0 Å². The molecule has 1 aromatic rings. The van der Waals surface area contributed by atoms with Gasteiger partial charge in [0.1, 0.15) is 0 Å². The van der Waals surface area contributed by atoms with Crippen molar-refractivity contribution >= 4 is 11.6 Å². The molecule has 0 atom stereocenters. The Morgan fingerprint density at radius 1 is 0.958 bits per heavy atom. The molecule has 4 nitrogen and oxygen atoms in total. The number of benzene rings is 1. The fourth-order valence-electron chi connectivity index (χ4n) is 3.00. The highest BCUT2D eigenvalue weighted by Crippen LogP contribution is 2.28. The second-order valence-electron chi connectivity index (χ2n) is 6.38. The molecule has 3 rings (SSSR count). The van der Waals surface area contributed by atoms with Crippen LogP contribution in [0.3, 0.4) is 0 Å². The van der Waals surface area contributed by atoms with Crippen molar-refractivity contribution in [2.24, 2.45) is 11.8 Å². The molecule has 0 N–H and O–H groups in total. The van der Waals surface area contributed by atoms with Crippen LogP contribution in [0.25, 0.3) is 0 Å². The van der Waals surface area contributed by atoms with Crippen LogP contribution in [0.4, 0.5) is 0 Å². The molecule has 0 saturated carbocycles. The molecule has 0 aromatic heterocycles. The Labute approximate surface area is 148 Å². The first-order valence-electron chi connectivity index (χ1n) is 8.59. The summed E-state index contributed by atoms with van der Waals surface area (Å²) < 4.78 is 23.2. The largest absolute Gasteiger partial charge is 0.352 e. The minimum Gasteiger partial charge on any atom is -0.352 e. The lowest BCUT2D eigenvalue weighted by molar-refractivity contribution is -0.217. The van der Waals surface area contributed by atoms with E-state index in [0.29, 0.717) is 25.0 Å². The standard InChI is InChI=1S/C19H25ClO4/c1-2-3-14-10-21-18(22-11-14)9-4-15-12-23-19(24-13-15)16-5-7-17(20)8-6-16/h2-3,5-8,14-15,18-19H,4,9-13H2,1H3. The third-order valence-electron chi connectivity index (χ3n) is 4.38. The molecule has 24 heavy (non-hydrogen) atoms. The van der Waals surface area contributed by atoms with E-state index in [-0.39, 0.29) is 12.6 Å². The van der Waals surface area contributed by atoms with Gasteiger partial charge in [0.2, 0.25) is 0 Å². The molecular formula is C19H25ClO4. The molecule has 2 saturated heterocycles. The van der Waals surface area contributed by atoms with Crippen LogP contribution in [0.2, 0.25) is 5.02 Å². The van der Waals surface area contributed by atoms with Crippen molar-refractivity contribution in [2.45, 2.75) is 32.3 Å². The minimum absolute atomic E-state index is 0.0968. The molecule has 5 heteroatoms. The lowest BCUT2D eigenvalue weighted by Gasteiger charge is -2.32. The average molecular weight is 353 g/mol. The summed E-state index contributed by atoms with van der Waals surface area (Å²) in [6, 6.07) is 7.60. The van der Waals surface area contributed by atoms with E-state index in [2.05, 4.69) is 6.08 Å². The summed E-state index contributed by atoms with van der Waals surface area (Å²) in [5, 5.41) is 0.719. The Balaban J connectivity index is 1.36. The molecule has 132 valence electrons. The molecule has 0 unspecified atom stereocenters. The molecule has 2 aliphatic rings. The van der Waals surface area contributed by atoms with Crippen LogP contribution in [0.1, 0.15) is 31.6 Å². The summed E-state index contributed by atoms with van der Waals surface area (Å²) in [6.45, 7) is 4.89. The highest BCUT2D eigenvalue weighted by Gasteiger charge is 2.26. The number of ether oxygens (including phenoxy) is 4. The fraction of sp³-hybridized carbons (Fsp3) is 0.579. The predicted molar refractivity (Wildman–Crippen MR) is 92.8 cm³/mol. The van der Waals surface area contributed by atoms with Gasteiger partial charge in [-0.2, -0.15) is 0 Å². The topological polar surface area (TPSA) is 36.9 Å². The van der Waals surface area contributed by atoms with Gasteiger partial charge in [0.25, 0.3) is 0 Å². The van der Waals surface area contributed by atoms with Crippen LogP contribution in [-0.2, 0) is 18.9 Å². The number of allylic oxidation sites excluding steroid dienone is 1. The van der Waals surface area contributed by atoms with Gasteiger partial charge in [0.05, 0.1) is 26.4 Å². The van der Waals surface area contributed by atoms with Gasteiger partial charge in [0.15, 0.2) is 12.6 Å². The summed E-state index contributed by atoms with van der Waals surface area (Å²) in [5.74, 6) is 0.766. The highest BCUT2D eigenvalue weighted by molar-refractivity contribution is 6.30. The maximum atomic E-state index is 5.91. The van der Waals surface area contributed by atoms with Crippen molar-refractivity contribution in [3.63, 3.8) is 0 Å². The molecule has 0 aliphatic carbocycles. The van der Waals surface area contributed by atoms with Crippen LogP contribution in [-0.4, -0.2) is 32.7 Å². The van der Waals surface area contributed by atoms with Crippen LogP contribution < -0.4 is 0 Å². The van der Waals surface area contributed by atoms with Gasteiger partial charge >= 0.3 is 0 Å². The molecule has 0 bridgehead atoms. The summed E-state index contributed by atoms with van der Waals surface area (Å²) >= 11 is 5.91. The monoisotopic (exact) mass is 352 g/mol. The Kier molecular flexibility index (Phi) is 6.69. The van der Waals surface area contributed by atoms with Gasteiger partial charge in [0, 0.05) is 22.4 Å². The molecule has 0 amide bonds. The van der Waals surface area contributed by atoms with Crippen molar-refractivity contribution in [2.75, 3.05) is 26.4 Å². The van der Waals surface area contributed by atoms with Gasteiger partial charge in [-0.05, 0) is 31.9 Å². The number of hydrogen-bond acceptors (Lipinski definition) is 4. The van der Waals surface area contributed by atoms with E-state index in [0.717, 1.165) is 36.6 Å². The van der Waals surface area contributed by atoms with Crippen LogP contribution >= 0.6 is 11.6 Å².